The van der Waals surface area contributed by atoms with Gasteiger partial charge in [-0.05, 0) is 73.5 Å². The molecule has 3 rings (SSSR count). The van der Waals surface area contributed by atoms with E-state index in [-0.39, 0.29) is 67.8 Å². The van der Waals surface area contributed by atoms with Gasteiger partial charge in [0.25, 0.3) is 11.8 Å². The van der Waals surface area contributed by atoms with Gasteiger partial charge in [-0.25, -0.2) is 4.79 Å². The zero-order chi connectivity index (χ0) is 43.0. The number of nitrogens with zero attached hydrogens (tertiary/aromatic N) is 1. The minimum atomic E-state index is -0.806. The minimum absolute atomic E-state index is 0.0129. The van der Waals surface area contributed by atoms with Gasteiger partial charge in [-0.3, -0.25) is 33.6 Å². The maximum atomic E-state index is 13.6. The number of thioether (sulfide) groups is 1. The molecule has 1 saturated heterocycles. The molecule has 0 unspecified atom stereocenters. The van der Waals surface area contributed by atoms with Crippen LogP contribution in [0, 0.1) is 11.8 Å². The quantitative estimate of drug-likeness (QED) is 0.0547. The second-order valence-electron chi connectivity index (χ2n) is 15.6. The molecule has 322 valence electrons. The number of benzene rings is 2. The Morgan fingerprint density at radius 3 is 2.05 bits per heavy atom. The molecule has 2 aromatic carbocycles. The predicted molar refractivity (Wildman–Crippen MR) is 227 cm³/mol. The summed E-state index contributed by atoms with van der Waals surface area (Å²) in [6.45, 7) is 3.65. The number of unbranched alkanes of at least 4 members (excludes halogenated alkanes) is 6. The highest BCUT2D eigenvalue weighted by molar-refractivity contribution is 7.98. The van der Waals surface area contributed by atoms with Crippen LogP contribution in [0.1, 0.15) is 134 Å². The van der Waals surface area contributed by atoms with Gasteiger partial charge in [0.2, 0.25) is 17.7 Å². The number of Topliss-reactive ketones (excluding diaryl/α,β-unsaturated/α-hetero) is 2. The molecule has 1 heterocycles. The van der Waals surface area contributed by atoms with Crippen LogP contribution < -0.4 is 16.4 Å². The molecule has 0 radical (unpaired) electrons. The smallest absolute Gasteiger partial charge is 0.333 e. The van der Waals surface area contributed by atoms with E-state index in [4.69, 9.17) is 10.6 Å². The van der Waals surface area contributed by atoms with Gasteiger partial charge in [0, 0.05) is 68.7 Å². The maximum Gasteiger partial charge on any atom is 0.333 e. The number of hydroxylamine groups is 2. The fraction of sp³-hybridized carbons (Fsp3) is 0.556. The van der Waals surface area contributed by atoms with E-state index in [9.17, 15) is 38.4 Å². The van der Waals surface area contributed by atoms with Crippen molar-refractivity contribution in [3.63, 3.8) is 0 Å². The number of amides is 5. The fourth-order valence-electron chi connectivity index (χ4n) is 6.70. The summed E-state index contributed by atoms with van der Waals surface area (Å²) in [5.74, 6) is -1.88. The number of hydrogen-bond acceptors (Lipinski definition) is 10. The van der Waals surface area contributed by atoms with Crippen molar-refractivity contribution >= 4 is 64.5 Å². The summed E-state index contributed by atoms with van der Waals surface area (Å²) in [5, 5.41) is 6.30. The second-order valence-corrected chi connectivity index (χ2v) is 16.7. The van der Waals surface area contributed by atoms with Gasteiger partial charge in [-0.2, -0.15) is 11.8 Å². The van der Waals surface area contributed by atoms with Crippen molar-refractivity contribution in [3.8, 4) is 0 Å². The predicted octanol–water partition coefficient (Wildman–Crippen LogP) is 6.94. The van der Waals surface area contributed by atoms with Crippen molar-refractivity contribution in [2.24, 2.45) is 17.6 Å². The summed E-state index contributed by atoms with van der Waals surface area (Å²) in [4.78, 5) is 104. The van der Waals surface area contributed by atoms with Gasteiger partial charge in [0.05, 0.1) is 6.04 Å². The first-order chi connectivity index (χ1) is 28.3. The normalized spacial score (nSPS) is 13.6. The zero-order valence-corrected chi connectivity index (χ0v) is 35.5. The summed E-state index contributed by atoms with van der Waals surface area (Å²) in [6.07, 6.45) is 8.24. The van der Waals surface area contributed by atoms with E-state index in [0.29, 0.717) is 62.1 Å². The molecule has 0 spiro atoms. The number of rotatable bonds is 30. The lowest BCUT2D eigenvalue weighted by atomic mass is 9.88. The summed E-state index contributed by atoms with van der Waals surface area (Å²) in [7, 11) is 0. The van der Waals surface area contributed by atoms with E-state index >= 15 is 0 Å². The second kappa shape index (κ2) is 27.0. The van der Waals surface area contributed by atoms with E-state index < -0.39 is 35.7 Å². The molecule has 2 aromatic rings. The summed E-state index contributed by atoms with van der Waals surface area (Å²) < 4.78 is 0. The van der Waals surface area contributed by atoms with E-state index in [1.165, 1.54) is 0 Å². The molecule has 0 saturated carbocycles. The van der Waals surface area contributed by atoms with Gasteiger partial charge in [-0.1, -0.05) is 82.0 Å². The third-order valence-electron chi connectivity index (χ3n) is 10.1. The van der Waals surface area contributed by atoms with Crippen LogP contribution in [0.2, 0.25) is 0 Å². The zero-order valence-electron chi connectivity index (χ0n) is 34.7. The Labute approximate surface area is 352 Å². The van der Waals surface area contributed by atoms with Crippen molar-refractivity contribution in [1.29, 1.82) is 0 Å². The van der Waals surface area contributed by atoms with Gasteiger partial charge in [-0.15, -0.1) is 5.06 Å². The number of nitrogens with two attached hydrogens (primary N) is 1. The Morgan fingerprint density at radius 1 is 0.746 bits per heavy atom. The Morgan fingerprint density at radius 2 is 1.37 bits per heavy atom. The molecule has 5 amide bonds. The maximum absolute atomic E-state index is 13.6. The highest BCUT2D eigenvalue weighted by Gasteiger charge is 2.33. The highest BCUT2D eigenvalue weighted by Crippen LogP contribution is 2.22. The van der Waals surface area contributed by atoms with Crippen molar-refractivity contribution < 1.29 is 43.2 Å². The monoisotopic (exact) mass is 834 g/mol. The summed E-state index contributed by atoms with van der Waals surface area (Å²) in [5.41, 5.74) is 8.12. The number of hydrogen-bond donors (Lipinski definition) is 3. The largest absolute Gasteiger partial charge is 0.370 e. The lowest BCUT2D eigenvalue weighted by Crippen LogP contribution is -2.45. The van der Waals surface area contributed by atoms with Crippen LogP contribution >= 0.6 is 11.8 Å². The van der Waals surface area contributed by atoms with Crippen LogP contribution in [-0.4, -0.2) is 63.9 Å². The standard InChI is InChI=1S/C45H62N4O9S/c1-32(2)44(48-40(53)20-10-6-11-21-43(56)58-49-41(54)26-27-42(49)55)38(51)30-35(17-12-13-19-39(46)52)45(57)47-36-24-22-34(23-25-36)31-59-28-14-4-3-9-18-37(50)29-33-15-7-5-8-16-33/h5,7-8,15-16,22-25,32,35,44H,3-4,6,9-14,17-21,26-31H2,1-2H3,(H2,46,52)(H,47,57)(H,48,53)/t35-,44+/m1/s1. The highest BCUT2D eigenvalue weighted by atomic mass is 32.2. The van der Waals surface area contributed by atoms with Crippen molar-refractivity contribution in [2.75, 3.05) is 11.1 Å². The fourth-order valence-corrected chi connectivity index (χ4v) is 7.68. The molecule has 13 nitrogen and oxygen atoms in total. The van der Waals surface area contributed by atoms with Crippen molar-refractivity contribution in [3.05, 3.63) is 65.7 Å². The Kier molecular flexibility index (Phi) is 22.2. The third-order valence-corrected chi connectivity index (χ3v) is 11.2. The lowest BCUT2D eigenvalue weighted by molar-refractivity contribution is -0.197. The first kappa shape index (κ1) is 48.5. The number of nitrogens with one attached hydrogen (secondary N) is 2. The Bertz CT molecular complexity index is 1680. The van der Waals surface area contributed by atoms with E-state index in [1.54, 1.807) is 0 Å². The van der Waals surface area contributed by atoms with Crippen LogP contribution in [0.25, 0.3) is 0 Å². The van der Waals surface area contributed by atoms with Crippen molar-refractivity contribution in [1.82, 2.24) is 10.4 Å². The number of carbonyl (C=O) groups excluding carboxylic acids is 8. The lowest BCUT2D eigenvalue weighted by Gasteiger charge is -2.24. The van der Waals surface area contributed by atoms with Crippen LogP contribution in [0.15, 0.2) is 54.6 Å². The molecular weight excluding hydrogens is 773 g/mol. The van der Waals surface area contributed by atoms with Crippen LogP contribution in [0.4, 0.5) is 5.69 Å². The topological polar surface area (TPSA) is 199 Å². The first-order valence-electron chi connectivity index (χ1n) is 21.0. The first-order valence-corrected chi connectivity index (χ1v) is 22.2. The molecule has 1 aliphatic heterocycles. The average molecular weight is 835 g/mol. The van der Waals surface area contributed by atoms with Gasteiger partial charge in [0.15, 0.2) is 5.78 Å². The molecule has 0 aromatic heterocycles. The number of ketones is 2. The number of primary amides is 1. The Balaban J connectivity index is 1.39. The molecular formula is C45H62N4O9S. The number of anilines is 1. The SMILES string of the molecule is CC(C)[C@H](NC(=O)CCCCCC(=O)ON1C(=O)CCC1=O)C(=O)C[C@@H](CCCCC(N)=O)C(=O)Nc1ccc(CSCCCCCCC(=O)Cc2ccccc2)cc1. The van der Waals surface area contributed by atoms with E-state index in [1.807, 2.05) is 80.2 Å². The molecule has 2 atom stereocenters. The van der Waals surface area contributed by atoms with Gasteiger partial charge >= 0.3 is 5.97 Å². The molecule has 14 heteroatoms. The molecule has 59 heavy (non-hydrogen) atoms. The molecule has 4 N–H and O–H groups in total. The molecule has 1 fully saturated rings. The van der Waals surface area contributed by atoms with Crippen LogP contribution in [0.3, 0.4) is 0 Å². The third kappa shape index (κ3) is 19.6. The van der Waals surface area contributed by atoms with Crippen LogP contribution in [0.5, 0.6) is 0 Å². The molecule has 0 aliphatic carbocycles. The number of carbonyl (C=O) groups is 8. The minimum Gasteiger partial charge on any atom is -0.370 e. The summed E-state index contributed by atoms with van der Waals surface area (Å²) >= 11 is 1.85. The van der Waals surface area contributed by atoms with Crippen molar-refractivity contribution in [2.45, 2.75) is 141 Å². The van der Waals surface area contributed by atoms with Gasteiger partial charge < -0.3 is 21.2 Å². The molecule has 0 bridgehead atoms. The molecule has 1 aliphatic rings. The number of imide groups is 1. The van der Waals surface area contributed by atoms with Crippen LogP contribution in [-0.2, 0) is 55.4 Å². The Hall–Kier alpha value is -4.85. The van der Waals surface area contributed by atoms with E-state index in [2.05, 4.69) is 10.6 Å². The average Bonchev–Trinajstić information content (AvgIpc) is 3.51. The summed E-state index contributed by atoms with van der Waals surface area (Å²) in [6, 6.07) is 16.7. The van der Waals surface area contributed by atoms with Gasteiger partial charge in [0.1, 0.15) is 5.78 Å². The van der Waals surface area contributed by atoms with E-state index in [0.717, 1.165) is 48.3 Å².